The topological polar surface area (TPSA) is 49.3 Å². The van der Waals surface area contributed by atoms with Crippen LogP contribution in [0, 0.1) is 6.92 Å². The van der Waals surface area contributed by atoms with E-state index < -0.39 is 0 Å². The molecule has 0 aromatic heterocycles. The first kappa shape index (κ1) is 14.0. The molecule has 1 amide bonds. The number of nitrogens with one attached hydrogen (secondary N) is 1. The van der Waals surface area contributed by atoms with Gasteiger partial charge in [0.1, 0.15) is 5.75 Å². The fraction of sp³-hybridized carbons (Fsp3) is 0.462. The van der Waals surface area contributed by atoms with Crippen molar-refractivity contribution in [3.8, 4) is 5.75 Å². The number of alkyl halides is 1. The molecule has 0 aliphatic rings. The van der Waals surface area contributed by atoms with Crippen LogP contribution in [-0.2, 0) is 0 Å². The molecule has 1 aromatic rings. The monoisotopic (exact) mass is 299 g/mol. The van der Waals surface area contributed by atoms with Gasteiger partial charge in [0.2, 0.25) is 0 Å². The lowest BCUT2D eigenvalue weighted by atomic mass is 10.1. The van der Waals surface area contributed by atoms with Crippen LogP contribution >= 0.6 is 15.9 Å². The van der Waals surface area contributed by atoms with Gasteiger partial charge in [-0.3, -0.25) is 4.79 Å². The van der Waals surface area contributed by atoms with E-state index in [9.17, 15) is 9.90 Å². The number of halogens is 1. The molecule has 3 nitrogen and oxygen atoms in total. The van der Waals surface area contributed by atoms with Gasteiger partial charge in [-0.1, -0.05) is 28.9 Å². The number of carbonyl (C=O) groups is 1. The van der Waals surface area contributed by atoms with Crippen LogP contribution in [0.5, 0.6) is 5.75 Å². The maximum atomic E-state index is 11.9. The molecular formula is C13H18BrNO2. The molecule has 0 aliphatic heterocycles. The Kier molecular flexibility index (Phi) is 5.48. The van der Waals surface area contributed by atoms with Gasteiger partial charge < -0.3 is 10.4 Å². The summed E-state index contributed by atoms with van der Waals surface area (Å²) >= 11 is 3.36. The molecule has 0 aliphatic carbocycles. The van der Waals surface area contributed by atoms with Gasteiger partial charge in [-0.05, 0) is 37.5 Å². The van der Waals surface area contributed by atoms with E-state index in [1.807, 2.05) is 19.9 Å². The lowest BCUT2D eigenvalue weighted by Gasteiger charge is -2.16. The number of phenolic OH excluding ortho intramolecular Hbond substituents is 1. The fourth-order valence-corrected chi connectivity index (χ4v) is 2.16. The third-order valence-corrected chi connectivity index (χ3v) is 3.14. The molecule has 0 spiro atoms. The highest BCUT2D eigenvalue weighted by molar-refractivity contribution is 9.09. The molecule has 1 unspecified atom stereocenters. The van der Waals surface area contributed by atoms with Gasteiger partial charge in [0, 0.05) is 11.4 Å². The molecule has 4 heteroatoms. The van der Waals surface area contributed by atoms with Crippen LogP contribution in [0.15, 0.2) is 18.2 Å². The molecule has 0 saturated carbocycles. The van der Waals surface area contributed by atoms with Gasteiger partial charge in [-0.2, -0.15) is 0 Å². The molecule has 0 saturated heterocycles. The number of hydrogen-bond acceptors (Lipinski definition) is 2. The first-order valence-electron chi connectivity index (χ1n) is 5.75. The van der Waals surface area contributed by atoms with Crippen molar-refractivity contribution in [2.45, 2.75) is 32.7 Å². The maximum Gasteiger partial charge on any atom is 0.255 e. The van der Waals surface area contributed by atoms with Crippen molar-refractivity contribution >= 4 is 21.8 Å². The summed E-state index contributed by atoms with van der Waals surface area (Å²) in [5.74, 6) is -0.175. The lowest BCUT2D eigenvalue weighted by molar-refractivity contribution is 0.0932. The van der Waals surface area contributed by atoms with E-state index in [4.69, 9.17) is 0 Å². The van der Waals surface area contributed by atoms with Crippen LogP contribution in [0.25, 0.3) is 0 Å². The average Bonchev–Trinajstić information content (AvgIpc) is 2.28. The molecule has 1 rings (SSSR count). The van der Waals surface area contributed by atoms with E-state index in [2.05, 4.69) is 21.2 Å². The van der Waals surface area contributed by atoms with Crippen LogP contribution in [0.3, 0.4) is 0 Å². The van der Waals surface area contributed by atoms with Gasteiger partial charge in [-0.25, -0.2) is 0 Å². The Morgan fingerprint density at radius 2 is 2.24 bits per heavy atom. The Balaban J connectivity index is 2.75. The molecule has 0 fully saturated rings. The molecule has 1 aromatic carbocycles. The van der Waals surface area contributed by atoms with Crippen molar-refractivity contribution in [3.05, 3.63) is 29.3 Å². The minimum absolute atomic E-state index is 0.0381. The quantitative estimate of drug-likeness (QED) is 0.821. The molecule has 0 bridgehead atoms. The second kappa shape index (κ2) is 6.64. The smallest absolute Gasteiger partial charge is 0.255 e. The summed E-state index contributed by atoms with van der Waals surface area (Å²) in [5, 5.41) is 13.5. The average molecular weight is 300 g/mol. The molecule has 2 N–H and O–H groups in total. The van der Waals surface area contributed by atoms with E-state index in [-0.39, 0.29) is 17.7 Å². The SMILES string of the molecule is CCC(CCBr)NC(=O)c1ccc(C)cc1O. The summed E-state index contributed by atoms with van der Waals surface area (Å²) in [5.41, 5.74) is 1.27. The number of phenols is 1. The predicted octanol–water partition coefficient (Wildman–Crippen LogP) is 2.99. The van der Waals surface area contributed by atoms with Crippen LogP contribution in [0.2, 0.25) is 0 Å². The Morgan fingerprint density at radius 1 is 1.53 bits per heavy atom. The van der Waals surface area contributed by atoms with Gasteiger partial charge in [0.05, 0.1) is 5.56 Å². The summed E-state index contributed by atoms with van der Waals surface area (Å²) in [6, 6.07) is 5.21. The standard InChI is InChI=1S/C13H18BrNO2/c1-3-10(6-7-14)15-13(17)11-5-4-9(2)8-12(11)16/h4-5,8,10,16H,3,6-7H2,1-2H3,(H,15,17). The number of aromatic hydroxyl groups is 1. The maximum absolute atomic E-state index is 11.9. The van der Waals surface area contributed by atoms with Crippen molar-refractivity contribution < 1.29 is 9.90 Å². The third-order valence-electron chi connectivity index (χ3n) is 2.68. The first-order valence-corrected chi connectivity index (χ1v) is 6.87. The van der Waals surface area contributed by atoms with Crippen molar-refractivity contribution in [3.63, 3.8) is 0 Å². The number of hydrogen-bond donors (Lipinski definition) is 2. The number of aryl methyl sites for hydroxylation is 1. The predicted molar refractivity (Wildman–Crippen MR) is 72.8 cm³/mol. The number of amides is 1. The zero-order valence-corrected chi connectivity index (χ0v) is 11.8. The number of benzene rings is 1. The largest absolute Gasteiger partial charge is 0.507 e. The molecule has 0 heterocycles. The Hall–Kier alpha value is -1.03. The second-order valence-electron chi connectivity index (χ2n) is 4.08. The summed E-state index contributed by atoms with van der Waals surface area (Å²) in [6.07, 6.45) is 1.76. The van der Waals surface area contributed by atoms with E-state index >= 15 is 0 Å². The highest BCUT2D eigenvalue weighted by Gasteiger charge is 2.14. The fourth-order valence-electron chi connectivity index (χ4n) is 1.61. The van der Waals surface area contributed by atoms with E-state index in [1.165, 1.54) is 0 Å². The van der Waals surface area contributed by atoms with Crippen molar-refractivity contribution in [2.75, 3.05) is 5.33 Å². The van der Waals surface area contributed by atoms with Crippen molar-refractivity contribution in [1.82, 2.24) is 5.32 Å². The summed E-state index contributed by atoms with van der Waals surface area (Å²) < 4.78 is 0. The van der Waals surface area contributed by atoms with Gasteiger partial charge >= 0.3 is 0 Å². The number of carbonyl (C=O) groups excluding carboxylic acids is 1. The van der Waals surface area contributed by atoms with Gasteiger partial charge in [0.25, 0.3) is 5.91 Å². The van der Waals surface area contributed by atoms with Gasteiger partial charge in [0.15, 0.2) is 0 Å². The highest BCUT2D eigenvalue weighted by Crippen LogP contribution is 2.18. The van der Waals surface area contributed by atoms with E-state index in [0.29, 0.717) is 5.56 Å². The van der Waals surface area contributed by atoms with Crippen LogP contribution in [0.1, 0.15) is 35.7 Å². The normalized spacial score (nSPS) is 12.2. The van der Waals surface area contributed by atoms with Crippen molar-refractivity contribution in [1.29, 1.82) is 0 Å². The summed E-state index contributed by atoms with van der Waals surface area (Å²) in [4.78, 5) is 11.9. The van der Waals surface area contributed by atoms with Crippen LogP contribution in [-0.4, -0.2) is 22.4 Å². The van der Waals surface area contributed by atoms with E-state index in [1.54, 1.807) is 12.1 Å². The molecule has 0 radical (unpaired) electrons. The minimum Gasteiger partial charge on any atom is -0.507 e. The highest BCUT2D eigenvalue weighted by atomic mass is 79.9. The summed E-state index contributed by atoms with van der Waals surface area (Å²) in [6.45, 7) is 3.91. The van der Waals surface area contributed by atoms with Crippen molar-refractivity contribution in [2.24, 2.45) is 0 Å². The van der Waals surface area contributed by atoms with E-state index in [0.717, 1.165) is 23.7 Å². The second-order valence-corrected chi connectivity index (χ2v) is 4.87. The third kappa shape index (κ3) is 4.04. The zero-order chi connectivity index (χ0) is 12.8. The molecule has 17 heavy (non-hydrogen) atoms. The first-order chi connectivity index (χ1) is 8.08. The van der Waals surface area contributed by atoms with Crippen LogP contribution < -0.4 is 5.32 Å². The van der Waals surface area contributed by atoms with Gasteiger partial charge in [-0.15, -0.1) is 0 Å². The minimum atomic E-state index is -0.213. The Bertz CT molecular complexity index is 393. The zero-order valence-electron chi connectivity index (χ0n) is 10.2. The lowest BCUT2D eigenvalue weighted by Crippen LogP contribution is -2.34. The van der Waals surface area contributed by atoms with Crippen LogP contribution in [0.4, 0.5) is 0 Å². The molecular weight excluding hydrogens is 282 g/mol. The Morgan fingerprint density at radius 3 is 2.76 bits per heavy atom. The molecule has 94 valence electrons. The summed E-state index contributed by atoms with van der Waals surface area (Å²) in [7, 11) is 0. The molecule has 1 atom stereocenters. The Labute approximate surface area is 110 Å². The number of rotatable bonds is 5.